The van der Waals surface area contributed by atoms with E-state index in [1.165, 1.54) is 0 Å². The number of aliphatic hydroxyl groups excluding tert-OH is 1. The van der Waals surface area contributed by atoms with Crippen LogP contribution in [0.5, 0.6) is 0 Å². The van der Waals surface area contributed by atoms with Gasteiger partial charge >= 0.3 is 0 Å². The van der Waals surface area contributed by atoms with Crippen molar-refractivity contribution in [1.29, 1.82) is 0 Å². The van der Waals surface area contributed by atoms with Crippen LogP contribution in [0, 0.1) is 11.8 Å². The van der Waals surface area contributed by atoms with Crippen molar-refractivity contribution in [2.45, 2.75) is 33.3 Å². The number of nitrogens with two attached hydrogens (primary N) is 1. The zero-order valence-electron chi connectivity index (χ0n) is 7.37. The highest BCUT2D eigenvalue weighted by Crippen LogP contribution is 2.14. The molecule has 0 saturated heterocycles. The maximum atomic E-state index is 10.5. The molecule has 3 heteroatoms. The zero-order valence-corrected chi connectivity index (χ0v) is 7.37. The molecule has 0 aromatic carbocycles. The van der Waals surface area contributed by atoms with Crippen molar-refractivity contribution in [3.8, 4) is 0 Å². The predicted molar refractivity (Wildman–Crippen MR) is 43.8 cm³/mol. The molecule has 0 rings (SSSR count). The molecule has 3 nitrogen and oxygen atoms in total. The summed E-state index contributed by atoms with van der Waals surface area (Å²) in [4.78, 5) is 10.5. The molecular weight excluding hydrogens is 142 g/mol. The summed E-state index contributed by atoms with van der Waals surface area (Å²) in [6.07, 6.45) is -0.165. The van der Waals surface area contributed by atoms with Crippen LogP contribution < -0.4 is 5.73 Å². The lowest BCUT2D eigenvalue weighted by Gasteiger charge is -2.17. The number of primary amides is 1. The summed E-state index contributed by atoms with van der Waals surface area (Å²) in [5.41, 5.74) is 4.92. The molecule has 0 saturated carbocycles. The van der Waals surface area contributed by atoms with Crippen LogP contribution >= 0.6 is 0 Å². The lowest BCUT2D eigenvalue weighted by atomic mass is 9.94. The SMILES string of the molecule is CC(C)CC(C)C(O)C(N)=O. The first-order valence-electron chi connectivity index (χ1n) is 3.92. The Hall–Kier alpha value is -0.570. The quantitative estimate of drug-likeness (QED) is 0.628. The van der Waals surface area contributed by atoms with Gasteiger partial charge in [0.25, 0.3) is 0 Å². The van der Waals surface area contributed by atoms with E-state index in [1.807, 2.05) is 20.8 Å². The van der Waals surface area contributed by atoms with Crippen molar-refractivity contribution in [3.63, 3.8) is 0 Å². The third-order valence-corrected chi connectivity index (χ3v) is 1.67. The topological polar surface area (TPSA) is 63.3 Å². The van der Waals surface area contributed by atoms with Crippen LogP contribution in [-0.4, -0.2) is 17.1 Å². The van der Waals surface area contributed by atoms with Crippen LogP contribution in [0.15, 0.2) is 0 Å². The fourth-order valence-electron chi connectivity index (χ4n) is 1.15. The van der Waals surface area contributed by atoms with E-state index >= 15 is 0 Å². The fourth-order valence-corrected chi connectivity index (χ4v) is 1.15. The van der Waals surface area contributed by atoms with Gasteiger partial charge in [0, 0.05) is 0 Å². The minimum Gasteiger partial charge on any atom is -0.383 e. The van der Waals surface area contributed by atoms with Crippen LogP contribution in [0.4, 0.5) is 0 Å². The Morgan fingerprint density at radius 2 is 1.91 bits per heavy atom. The highest BCUT2D eigenvalue weighted by Gasteiger charge is 2.19. The molecule has 0 heterocycles. The average Bonchev–Trinajstić information content (AvgIpc) is 1.84. The Morgan fingerprint density at radius 3 is 2.18 bits per heavy atom. The van der Waals surface area contributed by atoms with Gasteiger partial charge in [0.15, 0.2) is 0 Å². The number of hydrogen-bond donors (Lipinski definition) is 2. The molecule has 0 bridgehead atoms. The highest BCUT2D eigenvalue weighted by atomic mass is 16.3. The molecular formula is C8H17NO2. The molecule has 0 aliphatic carbocycles. The van der Waals surface area contributed by atoms with Crippen molar-refractivity contribution in [1.82, 2.24) is 0 Å². The summed E-state index contributed by atoms with van der Waals surface area (Å²) in [6.45, 7) is 5.92. The number of aliphatic hydroxyl groups is 1. The van der Waals surface area contributed by atoms with E-state index in [9.17, 15) is 4.79 Å². The van der Waals surface area contributed by atoms with E-state index in [-0.39, 0.29) is 5.92 Å². The van der Waals surface area contributed by atoms with Crippen molar-refractivity contribution in [2.24, 2.45) is 17.6 Å². The summed E-state index contributed by atoms with van der Waals surface area (Å²) >= 11 is 0. The minimum atomic E-state index is -0.989. The largest absolute Gasteiger partial charge is 0.383 e. The molecule has 0 aliphatic rings. The van der Waals surface area contributed by atoms with Gasteiger partial charge in [-0.3, -0.25) is 4.79 Å². The van der Waals surface area contributed by atoms with Crippen LogP contribution in [-0.2, 0) is 4.79 Å². The van der Waals surface area contributed by atoms with Crippen molar-refractivity contribution in [3.05, 3.63) is 0 Å². The monoisotopic (exact) mass is 159 g/mol. The maximum absolute atomic E-state index is 10.5. The van der Waals surface area contributed by atoms with Crippen LogP contribution in [0.1, 0.15) is 27.2 Å². The molecule has 0 aromatic rings. The van der Waals surface area contributed by atoms with Crippen LogP contribution in [0.2, 0.25) is 0 Å². The predicted octanol–water partition coefficient (Wildman–Crippen LogP) is 0.515. The molecule has 0 radical (unpaired) electrons. The van der Waals surface area contributed by atoms with Gasteiger partial charge in [0.2, 0.25) is 5.91 Å². The van der Waals surface area contributed by atoms with Gasteiger partial charge in [0.1, 0.15) is 6.10 Å². The van der Waals surface area contributed by atoms with E-state index in [0.29, 0.717) is 5.92 Å². The minimum absolute atomic E-state index is 0.0347. The first kappa shape index (κ1) is 10.4. The summed E-state index contributed by atoms with van der Waals surface area (Å²) in [5, 5.41) is 9.17. The number of carbonyl (C=O) groups excluding carboxylic acids is 1. The number of rotatable bonds is 4. The van der Waals surface area contributed by atoms with E-state index in [1.54, 1.807) is 0 Å². The summed E-state index contributed by atoms with van der Waals surface area (Å²) in [5.74, 6) is -0.176. The third kappa shape index (κ3) is 3.98. The first-order valence-corrected chi connectivity index (χ1v) is 3.92. The van der Waals surface area contributed by atoms with Crippen molar-refractivity contribution in [2.75, 3.05) is 0 Å². The molecule has 0 aliphatic heterocycles. The molecule has 66 valence electrons. The standard InChI is InChI=1S/C8H17NO2/c1-5(2)4-6(3)7(10)8(9)11/h5-7,10H,4H2,1-3H3,(H2,9,11). The van der Waals surface area contributed by atoms with Gasteiger partial charge in [0.05, 0.1) is 0 Å². The van der Waals surface area contributed by atoms with E-state index in [0.717, 1.165) is 6.42 Å². The van der Waals surface area contributed by atoms with Crippen LogP contribution in [0.3, 0.4) is 0 Å². The molecule has 0 fully saturated rings. The Kier molecular flexibility index (Phi) is 4.11. The molecule has 3 N–H and O–H groups in total. The first-order chi connectivity index (χ1) is 4.95. The second-order valence-corrected chi connectivity index (χ2v) is 3.45. The second-order valence-electron chi connectivity index (χ2n) is 3.45. The summed E-state index contributed by atoms with van der Waals surface area (Å²) in [6, 6.07) is 0. The van der Waals surface area contributed by atoms with E-state index in [4.69, 9.17) is 10.8 Å². The molecule has 0 spiro atoms. The van der Waals surface area contributed by atoms with E-state index in [2.05, 4.69) is 0 Å². The van der Waals surface area contributed by atoms with Crippen molar-refractivity contribution < 1.29 is 9.90 Å². The van der Waals surface area contributed by atoms with Crippen LogP contribution in [0.25, 0.3) is 0 Å². The molecule has 2 atom stereocenters. The number of carbonyl (C=O) groups is 1. The zero-order chi connectivity index (χ0) is 9.02. The summed E-state index contributed by atoms with van der Waals surface area (Å²) in [7, 11) is 0. The maximum Gasteiger partial charge on any atom is 0.246 e. The Balaban J connectivity index is 3.82. The van der Waals surface area contributed by atoms with Gasteiger partial charge in [-0.2, -0.15) is 0 Å². The lowest BCUT2D eigenvalue weighted by molar-refractivity contribution is -0.128. The van der Waals surface area contributed by atoms with Gasteiger partial charge in [-0.05, 0) is 18.3 Å². The molecule has 1 amide bonds. The fraction of sp³-hybridized carbons (Fsp3) is 0.875. The van der Waals surface area contributed by atoms with E-state index < -0.39 is 12.0 Å². The Labute approximate surface area is 67.6 Å². The van der Waals surface area contributed by atoms with Gasteiger partial charge in [-0.15, -0.1) is 0 Å². The Bertz CT molecular complexity index is 134. The summed E-state index contributed by atoms with van der Waals surface area (Å²) < 4.78 is 0. The smallest absolute Gasteiger partial charge is 0.246 e. The number of hydrogen-bond acceptors (Lipinski definition) is 2. The van der Waals surface area contributed by atoms with Crippen molar-refractivity contribution >= 4 is 5.91 Å². The van der Waals surface area contributed by atoms with Gasteiger partial charge in [-0.25, -0.2) is 0 Å². The molecule has 2 unspecified atom stereocenters. The van der Waals surface area contributed by atoms with Gasteiger partial charge in [-0.1, -0.05) is 20.8 Å². The normalized spacial score (nSPS) is 16.5. The second kappa shape index (κ2) is 4.34. The van der Waals surface area contributed by atoms with Gasteiger partial charge < -0.3 is 10.8 Å². The number of amides is 1. The molecule has 11 heavy (non-hydrogen) atoms. The average molecular weight is 159 g/mol. The molecule has 0 aromatic heterocycles. The Morgan fingerprint density at radius 1 is 1.45 bits per heavy atom. The highest BCUT2D eigenvalue weighted by molar-refractivity contribution is 5.78. The lowest BCUT2D eigenvalue weighted by Crippen LogP contribution is -2.34. The third-order valence-electron chi connectivity index (χ3n) is 1.67.